The van der Waals surface area contributed by atoms with Gasteiger partial charge in [0, 0.05) is 12.1 Å². The molecule has 1 atom stereocenters. The minimum atomic E-state index is -0.669. The largest absolute Gasteiger partial charge is 0.459 e. The van der Waals surface area contributed by atoms with E-state index in [-0.39, 0.29) is 18.1 Å². The summed E-state index contributed by atoms with van der Waals surface area (Å²) in [6.07, 6.45) is -0.669. The molecule has 108 valence electrons. The van der Waals surface area contributed by atoms with E-state index in [9.17, 15) is 9.90 Å². The Hall–Kier alpha value is -0.650. The highest BCUT2D eigenvalue weighted by atomic mass is 16.6. The third-order valence-corrected chi connectivity index (χ3v) is 1.90. The van der Waals surface area contributed by atoms with Crippen molar-refractivity contribution in [3.8, 4) is 0 Å². The summed E-state index contributed by atoms with van der Waals surface area (Å²) >= 11 is 0. The summed E-state index contributed by atoms with van der Waals surface area (Å²) in [7, 11) is 1.78. The summed E-state index contributed by atoms with van der Waals surface area (Å²) in [6.45, 7) is 12.0. The zero-order valence-corrected chi connectivity index (χ0v) is 12.7. The molecular weight excluding hydrogens is 232 g/mol. The number of carbonyl (C=O) groups is 1. The molecule has 5 heteroatoms. The van der Waals surface area contributed by atoms with E-state index >= 15 is 0 Å². The first-order valence-electron chi connectivity index (χ1n) is 6.25. The minimum absolute atomic E-state index is 0.161. The lowest BCUT2D eigenvalue weighted by atomic mass is 10.1. The third kappa shape index (κ3) is 10.5. The van der Waals surface area contributed by atoms with Gasteiger partial charge in [-0.3, -0.25) is 15.0 Å². The van der Waals surface area contributed by atoms with Crippen LogP contribution in [0.1, 0.15) is 41.5 Å². The Labute approximate surface area is 110 Å². The van der Waals surface area contributed by atoms with E-state index in [0.717, 1.165) is 0 Å². The summed E-state index contributed by atoms with van der Waals surface area (Å²) in [5.74, 6) is -0.284. The van der Waals surface area contributed by atoms with Gasteiger partial charge in [-0.05, 0) is 48.6 Å². The molecule has 0 radical (unpaired) electrons. The van der Waals surface area contributed by atoms with Gasteiger partial charge in [0.25, 0.3) is 0 Å². The second kappa shape index (κ2) is 6.50. The highest BCUT2D eigenvalue weighted by Gasteiger charge is 2.20. The van der Waals surface area contributed by atoms with Crippen molar-refractivity contribution in [2.24, 2.45) is 0 Å². The Balaban J connectivity index is 4.04. The number of esters is 1. The highest BCUT2D eigenvalue weighted by Crippen LogP contribution is 2.07. The molecule has 0 aromatic carbocycles. The average molecular weight is 260 g/mol. The molecule has 5 nitrogen and oxygen atoms in total. The lowest BCUT2D eigenvalue weighted by Crippen LogP contribution is -2.49. The van der Waals surface area contributed by atoms with Crippen molar-refractivity contribution < 1.29 is 14.6 Å². The maximum Gasteiger partial charge on any atom is 0.320 e. The lowest BCUT2D eigenvalue weighted by molar-refractivity contribution is -0.156. The molecule has 18 heavy (non-hydrogen) atoms. The maximum atomic E-state index is 11.6. The Bertz CT molecular complexity index is 266. The van der Waals surface area contributed by atoms with Gasteiger partial charge >= 0.3 is 5.97 Å². The van der Waals surface area contributed by atoms with Gasteiger partial charge in [-0.1, -0.05) is 0 Å². The average Bonchev–Trinajstić information content (AvgIpc) is 1.92. The van der Waals surface area contributed by atoms with Crippen LogP contribution < -0.4 is 5.32 Å². The number of nitrogens with one attached hydrogen (secondary N) is 1. The normalized spacial score (nSPS) is 14.7. The van der Waals surface area contributed by atoms with Crippen molar-refractivity contribution in [1.29, 1.82) is 0 Å². The molecule has 0 fully saturated rings. The molecule has 0 rings (SSSR count). The van der Waals surface area contributed by atoms with Crippen molar-refractivity contribution in [3.05, 3.63) is 0 Å². The molecule has 2 N–H and O–H groups in total. The number of hydrogen-bond acceptors (Lipinski definition) is 5. The fourth-order valence-electron chi connectivity index (χ4n) is 1.50. The second-order valence-corrected chi connectivity index (χ2v) is 6.69. The lowest BCUT2D eigenvalue weighted by Gasteiger charge is -2.28. The molecule has 0 aliphatic rings. The van der Waals surface area contributed by atoms with Gasteiger partial charge in [0.1, 0.15) is 11.8 Å². The number of hydrogen-bond donors (Lipinski definition) is 2. The predicted octanol–water partition coefficient (Wildman–Crippen LogP) is 0.966. The standard InChI is InChI=1S/C13H28N2O3/c1-12(2,3)14-10(16)8-15(7)9-11(17)18-13(4,5)6/h10,14,16H,8-9H2,1-7H3. The smallest absolute Gasteiger partial charge is 0.320 e. The third-order valence-electron chi connectivity index (χ3n) is 1.90. The van der Waals surface area contributed by atoms with Gasteiger partial charge in [0.2, 0.25) is 0 Å². The zero-order chi connectivity index (χ0) is 14.6. The van der Waals surface area contributed by atoms with Crippen LogP contribution >= 0.6 is 0 Å². The molecule has 1 unspecified atom stereocenters. The Morgan fingerprint density at radius 3 is 2.17 bits per heavy atom. The zero-order valence-electron chi connectivity index (χ0n) is 12.7. The molecule has 0 spiro atoms. The van der Waals surface area contributed by atoms with Crippen LogP contribution in [0.15, 0.2) is 0 Å². The number of rotatable bonds is 5. The molecular formula is C13H28N2O3. The van der Waals surface area contributed by atoms with E-state index in [2.05, 4.69) is 5.32 Å². The minimum Gasteiger partial charge on any atom is -0.459 e. The number of aliphatic hydroxyl groups excluding tert-OH is 1. The van der Waals surface area contributed by atoms with Crippen molar-refractivity contribution >= 4 is 5.97 Å². The number of nitrogens with zero attached hydrogens (tertiary/aromatic N) is 1. The molecule has 0 aromatic heterocycles. The van der Waals surface area contributed by atoms with Gasteiger partial charge in [-0.25, -0.2) is 0 Å². The van der Waals surface area contributed by atoms with Gasteiger partial charge < -0.3 is 9.84 Å². The van der Waals surface area contributed by atoms with Crippen LogP contribution in [0.5, 0.6) is 0 Å². The van der Waals surface area contributed by atoms with Gasteiger partial charge in [-0.15, -0.1) is 0 Å². The van der Waals surface area contributed by atoms with Crippen LogP contribution in [0.25, 0.3) is 0 Å². The maximum absolute atomic E-state index is 11.6. The first-order chi connectivity index (χ1) is 7.89. The van der Waals surface area contributed by atoms with E-state index < -0.39 is 11.8 Å². The SMILES string of the molecule is CN(CC(=O)OC(C)(C)C)CC(O)NC(C)(C)C. The van der Waals surface area contributed by atoms with Crippen LogP contribution in [0.4, 0.5) is 0 Å². The molecule has 0 aromatic rings. The fourth-order valence-corrected chi connectivity index (χ4v) is 1.50. The predicted molar refractivity (Wildman–Crippen MR) is 72.2 cm³/mol. The first-order valence-corrected chi connectivity index (χ1v) is 6.25. The molecule has 0 aliphatic heterocycles. The van der Waals surface area contributed by atoms with Gasteiger partial charge in [0.05, 0.1) is 6.54 Å². The first kappa shape index (κ1) is 17.4. The number of ether oxygens (including phenoxy) is 1. The fraction of sp³-hybridized carbons (Fsp3) is 0.923. The Morgan fingerprint density at radius 1 is 1.28 bits per heavy atom. The van der Waals surface area contributed by atoms with Gasteiger partial charge in [0.15, 0.2) is 0 Å². The molecule has 0 amide bonds. The van der Waals surface area contributed by atoms with Gasteiger partial charge in [-0.2, -0.15) is 0 Å². The second-order valence-electron chi connectivity index (χ2n) is 6.69. The van der Waals surface area contributed by atoms with Crippen molar-refractivity contribution in [3.63, 3.8) is 0 Å². The molecule has 0 aliphatic carbocycles. The van der Waals surface area contributed by atoms with Crippen LogP contribution in [-0.2, 0) is 9.53 Å². The Kier molecular flexibility index (Phi) is 6.26. The quantitative estimate of drug-likeness (QED) is 0.569. The van der Waals surface area contributed by atoms with Crippen LogP contribution in [0.2, 0.25) is 0 Å². The molecule has 0 heterocycles. The highest BCUT2D eigenvalue weighted by molar-refractivity contribution is 5.72. The van der Waals surface area contributed by atoms with E-state index in [4.69, 9.17) is 4.74 Å². The van der Waals surface area contributed by atoms with Crippen LogP contribution in [0, 0.1) is 0 Å². The number of carbonyl (C=O) groups excluding carboxylic acids is 1. The van der Waals surface area contributed by atoms with E-state index in [1.54, 1.807) is 11.9 Å². The Morgan fingerprint density at radius 2 is 1.78 bits per heavy atom. The van der Waals surface area contributed by atoms with Crippen LogP contribution in [0.3, 0.4) is 0 Å². The van der Waals surface area contributed by atoms with Crippen molar-refractivity contribution in [1.82, 2.24) is 10.2 Å². The monoisotopic (exact) mass is 260 g/mol. The molecule has 0 saturated carbocycles. The van der Waals surface area contributed by atoms with E-state index in [1.165, 1.54) is 0 Å². The van der Waals surface area contributed by atoms with Crippen LogP contribution in [-0.4, -0.2) is 53.5 Å². The molecule has 0 bridgehead atoms. The van der Waals surface area contributed by atoms with Crippen molar-refractivity contribution in [2.75, 3.05) is 20.1 Å². The summed E-state index contributed by atoms with van der Waals surface area (Å²) < 4.78 is 5.21. The molecule has 0 saturated heterocycles. The summed E-state index contributed by atoms with van der Waals surface area (Å²) in [6, 6.07) is 0. The summed E-state index contributed by atoms with van der Waals surface area (Å²) in [4.78, 5) is 13.3. The van der Waals surface area contributed by atoms with Crippen molar-refractivity contribution in [2.45, 2.75) is 58.9 Å². The van der Waals surface area contributed by atoms with E-state index in [1.807, 2.05) is 41.5 Å². The number of aliphatic hydroxyl groups is 1. The summed E-state index contributed by atoms with van der Waals surface area (Å²) in [5.41, 5.74) is -0.633. The summed E-state index contributed by atoms with van der Waals surface area (Å²) in [5, 5.41) is 12.8. The number of likely N-dealkylation sites (N-methyl/N-ethyl adjacent to an activating group) is 1. The van der Waals surface area contributed by atoms with E-state index in [0.29, 0.717) is 6.54 Å². The topological polar surface area (TPSA) is 61.8 Å².